The SMILES string of the molecule is Cc1cc(Cl)c2cc(I)ccc2n1.O=P(Cl)(Cl)Cl. The van der Waals surface area contributed by atoms with Crippen LogP contribution < -0.4 is 0 Å². The Labute approximate surface area is 138 Å². The summed E-state index contributed by atoms with van der Waals surface area (Å²) in [4.78, 5) is 4.39. The van der Waals surface area contributed by atoms with E-state index in [0.29, 0.717) is 0 Å². The molecule has 2 aromatic rings. The van der Waals surface area contributed by atoms with Crippen molar-refractivity contribution in [2.45, 2.75) is 6.92 Å². The van der Waals surface area contributed by atoms with E-state index < -0.39 is 5.20 Å². The molecule has 2 rings (SSSR count). The number of halogens is 5. The molecule has 0 bridgehead atoms. The van der Waals surface area contributed by atoms with E-state index in [1.165, 1.54) is 3.57 Å². The first-order valence-electron chi connectivity index (χ1n) is 4.58. The Morgan fingerprint density at radius 3 is 2.33 bits per heavy atom. The van der Waals surface area contributed by atoms with E-state index in [2.05, 4.69) is 61.3 Å². The molecular weight excluding hydrogens is 450 g/mol. The van der Waals surface area contributed by atoms with Gasteiger partial charge in [-0.15, -0.1) is 0 Å². The second-order valence-electron chi connectivity index (χ2n) is 3.31. The topological polar surface area (TPSA) is 30.0 Å². The maximum atomic E-state index is 9.51. The Morgan fingerprint density at radius 1 is 1.22 bits per heavy atom. The summed E-state index contributed by atoms with van der Waals surface area (Å²) in [6.45, 7) is 1.95. The lowest BCUT2D eigenvalue weighted by molar-refractivity contribution is 0.600. The maximum absolute atomic E-state index is 9.51. The van der Waals surface area contributed by atoms with Crippen LogP contribution in [0.2, 0.25) is 5.02 Å². The minimum absolute atomic E-state index is 0.779. The van der Waals surface area contributed by atoms with Crippen molar-refractivity contribution in [3.63, 3.8) is 0 Å². The van der Waals surface area contributed by atoms with Crippen LogP contribution in [0.3, 0.4) is 0 Å². The minimum atomic E-state index is -3.22. The first-order valence-corrected chi connectivity index (χ1v) is 10.5. The molecule has 8 heteroatoms. The first kappa shape index (κ1) is 16.8. The third-order valence-corrected chi connectivity index (χ3v) is 2.83. The molecule has 0 amide bonds. The fourth-order valence-corrected chi connectivity index (χ4v) is 2.08. The van der Waals surface area contributed by atoms with Gasteiger partial charge in [-0.3, -0.25) is 9.55 Å². The van der Waals surface area contributed by atoms with Crippen molar-refractivity contribution in [3.8, 4) is 0 Å². The summed E-state index contributed by atoms with van der Waals surface area (Å²) in [5.41, 5.74) is 1.92. The van der Waals surface area contributed by atoms with E-state index in [1.54, 1.807) is 0 Å². The summed E-state index contributed by atoms with van der Waals surface area (Å²) >= 11 is 22.2. The molecule has 0 aliphatic carbocycles. The number of fused-ring (bicyclic) bond motifs is 1. The van der Waals surface area contributed by atoms with Gasteiger partial charge in [0.1, 0.15) is 0 Å². The molecule has 0 fully saturated rings. The molecule has 1 heterocycles. The van der Waals surface area contributed by atoms with E-state index in [4.69, 9.17) is 11.6 Å². The zero-order valence-electron chi connectivity index (χ0n) is 9.00. The fourth-order valence-electron chi connectivity index (χ4n) is 1.28. The van der Waals surface area contributed by atoms with Crippen LogP contribution in [0, 0.1) is 10.5 Å². The number of rotatable bonds is 0. The summed E-state index contributed by atoms with van der Waals surface area (Å²) in [6, 6.07) is 7.96. The van der Waals surface area contributed by atoms with Crippen LogP contribution in [0.5, 0.6) is 0 Å². The van der Waals surface area contributed by atoms with E-state index in [-0.39, 0.29) is 0 Å². The van der Waals surface area contributed by atoms with Crippen LogP contribution in [-0.4, -0.2) is 4.98 Å². The van der Waals surface area contributed by atoms with Crippen LogP contribution in [0.15, 0.2) is 24.3 Å². The van der Waals surface area contributed by atoms with E-state index in [1.807, 2.05) is 31.2 Å². The Kier molecular flexibility index (Phi) is 6.50. The van der Waals surface area contributed by atoms with Crippen LogP contribution in [0.25, 0.3) is 10.9 Å². The lowest BCUT2D eigenvalue weighted by Crippen LogP contribution is -1.85. The second-order valence-corrected chi connectivity index (χ2v) is 11.6. The van der Waals surface area contributed by atoms with Gasteiger partial charge in [0.05, 0.1) is 10.5 Å². The van der Waals surface area contributed by atoms with Gasteiger partial charge in [-0.1, -0.05) is 11.6 Å². The van der Waals surface area contributed by atoms with Crippen molar-refractivity contribution < 1.29 is 4.57 Å². The van der Waals surface area contributed by atoms with Crippen molar-refractivity contribution in [1.29, 1.82) is 0 Å². The van der Waals surface area contributed by atoms with Crippen molar-refractivity contribution >= 4 is 84.0 Å². The molecule has 1 aromatic heterocycles. The summed E-state index contributed by atoms with van der Waals surface area (Å²) < 4.78 is 10.7. The molecule has 2 nitrogen and oxygen atoms in total. The highest BCUT2D eigenvalue weighted by Gasteiger charge is 2.03. The first-order chi connectivity index (χ1) is 8.16. The maximum Gasteiger partial charge on any atom is 0.339 e. The van der Waals surface area contributed by atoms with E-state index >= 15 is 0 Å². The van der Waals surface area contributed by atoms with Gasteiger partial charge in [-0.05, 0) is 87.5 Å². The van der Waals surface area contributed by atoms with Gasteiger partial charge in [0.15, 0.2) is 0 Å². The van der Waals surface area contributed by atoms with Gasteiger partial charge in [0.25, 0.3) is 0 Å². The van der Waals surface area contributed by atoms with Gasteiger partial charge in [0.2, 0.25) is 0 Å². The molecule has 0 atom stereocenters. The van der Waals surface area contributed by atoms with Crippen molar-refractivity contribution in [3.05, 3.63) is 38.6 Å². The van der Waals surface area contributed by atoms with Crippen molar-refractivity contribution in [2.24, 2.45) is 0 Å². The van der Waals surface area contributed by atoms with Gasteiger partial charge < -0.3 is 0 Å². The summed E-state index contributed by atoms with van der Waals surface area (Å²) in [5, 5.41) is -1.42. The van der Waals surface area contributed by atoms with Crippen LogP contribution in [0.1, 0.15) is 5.69 Å². The number of benzene rings is 1. The molecule has 0 saturated carbocycles. The van der Waals surface area contributed by atoms with Crippen LogP contribution in [0.4, 0.5) is 0 Å². The number of pyridine rings is 1. The number of hydrogen-bond donors (Lipinski definition) is 0. The molecule has 0 radical (unpaired) electrons. The van der Waals surface area contributed by atoms with Crippen LogP contribution in [-0.2, 0) is 4.57 Å². The smallest absolute Gasteiger partial charge is 0.271 e. The molecule has 98 valence electrons. The number of aryl methyl sites for hydroxylation is 1. The average Bonchev–Trinajstić information content (AvgIpc) is 2.16. The fraction of sp³-hybridized carbons (Fsp3) is 0.100. The molecule has 0 N–H and O–H groups in total. The summed E-state index contributed by atoms with van der Waals surface area (Å²) in [5.74, 6) is 0. The third kappa shape index (κ3) is 6.27. The number of hydrogen-bond acceptors (Lipinski definition) is 2. The van der Waals surface area contributed by atoms with Crippen molar-refractivity contribution in [2.75, 3.05) is 0 Å². The minimum Gasteiger partial charge on any atom is -0.271 e. The van der Waals surface area contributed by atoms with Gasteiger partial charge in [-0.2, -0.15) is 0 Å². The van der Waals surface area contributed by atoms with Crippen molar-refractivity contribution in [1.82, 2.24) is 4.98 Å². The Bertz CT molecular complexity index is 608. The largest absolute Gasteiger partial charge is 0.339 e. The molecule has 0 aliphatic heterocycles. The Hall–Kier alpha value is 0.750. The van der Waals surface area contributed by atoms with E-state index in [9.17, 15) is 4.57 Å². The molecule has 0 spiro atoms. The van der Waals surface area contributed by atoms with Gasteiger partial charge in [0, 0.05) is 14.7 Å². The highest BCUT2D eigenvalue weighted by molar-refractivity contribution is 14.1. The highest BCUT2D eigenvalue weighted by atomic mass is 127. The van der Waals surface area contributed by atoms with Gasteiger partial charge >= 0.3 is 5.20 Å². The quantitative estimate of drug-likeness (QED) is 0.329. The molecular formula is C10H7Cl4INOP. The van der Waals surface area contributed by atoms with Gasteiger partial charge in [-0.25, -0.2) is 0 Å². The lowest BCUT2D eigenvalue weighted by Gasteiger charge is -2.01. The summed E-state index contributed by atoms with van der Waals surface area (Å²) in [7, 11) is 0. The summed E-state index contributed by atoms with van der Waals surface area (Å²) in [6.07, 6.45) is 0. The molecule has 0 aliphatic rings. The zero-order valence-corrected chi connectivity index (χ0v) is 15.1. The second kappa shape index (κ2) is 6.96. The van der Waals surface area contributed by atoms with Crippen LogP contribution >= 0.6 is 73.1 Å². The third-order valence-electron chi connectivity index (χ3n) is 1.85. The number of aromatic nitrogens is 1. The lowest BCUT2D eigenvalue weighted by atomic mass is 10.2. The average molecular weight is 457 g/mol. The highest BCUT2D eigenvalue weighted by Crippen LogP contribution is 2.61. The standard InChI is InChI=1S/C10H7ClIN.Cl3OP/c1-6-4-9(11)8-5-7(12)2-3-10(8)13-6;1-5(2,3)4/h2-5H,1H3;. The predicted molar refractivity (Wildman–Crippen MR) is 89.4 cm³/mol. The molecule has 18 heavy (non-hydrogen) atoms. The normalized spacial score (nSPS) is 11.0. The Morgan fingerprint density at radius 2 is 1.78 bits per heavy atom. The molecule has 1 aromatic carbocycles. The molecule has 0 saturated heterocycles. The van der Waals surface area contributed by atoms with E-state index in [0.717, 1.165) is 21.6 Å². The number of nitrogens with zero attached hydrogens (tertiary/aromatic N) is 1. The molecule has 0 unspecified atom stereocenters. The monoisotopic (exact) mass is 455 g/mol. The Balaban J connectivity index is 0.000000280. The predicted octanol–water partition coefficient (Wildman–Crippen LogP) is 6.61. The zero-order chi connectivity index (χ0) is 13.9.